The Bertz CT molecular complexity index is 998. The zero-order valence-electron chi connectivity index (χ0n) is 14.4. The van der Waals surface area contributed by atoms with E-state index in [1.165, 1.54) is 22.7 Å². The van der Waals surface area contributed by atoms with Crippen LogP contribution < -0.4 is 4.74 Å². The van der Waals surface area contributed by atoms with E-state index in [2.05, 4.69) is 4.98 Å². The smallest absolute Gasteiger partial charge is 0.355 e. The first kappa shape index (κ1) is 18.0. The van der Waals surface area contributed by atoms with Gasteiger partial charge in [0.1, 0.15) is 4.88 Å². The van der Waals surface area contributed by atoms with Crippen molar-refractivity contribution in [3.63, 3.8) is 0 Å². The molecule has 4 rings (SSSR count). The van der Waals surface area contributed by atoms with Gasteiger partial charge in [0.2, 0.25) is 0 Å². The first-order valence-electron chi connectivity index (χ1n) is 8.22. The predicted octanol–water partition coefficient (Wildman–Crippen LogP) is 6.48. The van der Waals surface area contributed by atoms with Crippen LogP contribution >= 0.6 is 34.4 Å². The summed E-state index contributed by atoms with van der Waals surface area (Å²) in [6.07, 6.45) is 1.99. The number of benzene rings is 2. The number of carbonyl (C=O) groups is 1. The highest BCUT2D eigenvalue weighted by molar-refractivity contribution is 8.00. The van der Waals surface area contributed by atoms with Crippen molar-refractivity contribution >= 4 is 40.4 Å². The molecule has 0 spiro atoms. The second-order valence-corrected chi connectivity index (χ2v) is 8.75. The number of hydrogen-bond acceptors (Lipinski definition) is 6. The van der Waals surface area contributed by atoms with Crippen molar-refractivity contribution in [3.8, 4) is 26.9 Å². The molecule has 0 saturated heterocycles. The lowest BCUT2D eigenvalue weighted by Crippen LogP contribution is -2.05. The van der Waals surface area contributed by atoms with Crippen LogP contribution in [0.4, 0.5) is 0 Å². The quantitative estimate of drug-likeness (QED) is 0.279. The van der Waals surface area contributed by atoms with E-state index in [4.69, 9.17) is 4.74 Å². The second kappa shape index (κ2) is 8.08. The lowest BCUT2D eigenvalue weighted by Gasteiger charge is -2.01. The van der Waals surface area contributed by atoms with Gasteiger partial charge in [0, 0.05) is 5.56 Å². The Hall–Kier alpha value is -2.41. The van der Waals surface area contributed by atoms with E-state index in [1.54, 1.807) is 17.8 Å². The number of ether oxygens (including phenoxy) is 1. The highest BCUT2D eigenvalue weighted by Gasteiger charge is 2.19. The van der Waals surface area contributed by atoms with Crippen LogP contribution in [-0.2, 0) is 0 Å². The Kier molecular flexibility index (Phi) is 5.38. The maximum Gasteiger partial charge on any atom is 0.355 e. The van der Waals surface area contributed by atoms with Crippen LogP contribution in [0.3, 0.4) is 0 Å². The fourth-order valence-corrected chi connectivity index (χ4v) is 4.95. The molecule has 0 aliphatic carbocycles. The van der Waals surface area contributed by atoms with Gasteiger partial charge >= 0.3 is 5.97 Å². The Labute approximate surface area is 169 Å². The first-order chi connectivity index (χ1) is 13.2. The van der Waals surface area contributed by atoms with Gasteiger partial charge in [0.05, 0.1) is 14.8 Å². The van der Waals surface area contributed by atoms with Crippen molar-refractivity contribution in [2.45, 2.75) is 4.21 Å². The molecule has 2 heterocycles. The minimum atomic E-state index is -0.367. The van der Waals surface area contributed by atoms with Crippen LogP contribution in [0.25, 0.3) is 21.7 Å². The number of carbonyl (C=O) groups excluding carboxylic acids is 1. The number of aromatic nitrogens is 1. The van der Waals surface area contributed by atoms with Gasteiger partial charge in [-0.05, 0) is 24.0 Å². The summed E-state index contributed by atoms with van der Waals surface area (Å²) in [4.78, 5) is 18.7. The van der Waals surface area contributed by atoms with E-state index >= 15 is 0 Å². The largest absolute Gasteiger partial charge is 0.394 e. The fraction of sp³-hybridized carbons (Fsp3) is 0.0476. The lowest BCUT2D eigenvalue weighted by atomic mass is 10.1. The summed E-state index contributed by atoms with van der Waals surface area (Å²) in [6.45, 7) is 0. The molecule has 3 nitrogen and oxygen atoms in total. The Morgan fingerprint density at radius 3 is 2.19 bits per heavy atom. The normalized spacial score (nSPS) is 10.7. The van der Waals surface area contributed by atoms with Crippen molar-refractivity contribution in [2.75, 3.05) is 6.26 Å². The minimum absolute atomic E-state index is 0.358. The average molecular weight is 410 g/mol. The van der Waals surface area contributed by atoms with Gasteiger partial charge in [-0.25, -0.2) is 9.78 Å². The molecule has 2 aromatic carbocycles. The van der Waals surface area contributed by atoms with Gasteiger partial charge in [-0.15, -0.1) is 23.1 Å². The predicted molar refractivity (Wildman–Crippen MR) is 114 cm³/mol. The van der Waals surface area contributed by atoms with Crippen molar-refractivity contribution in [1.29, 1.82) is 0 Å². The molecule has 0 unspecified atom stereocenters. The lowest BCUT2D eigenvalue weighted by molar-refractivity contribution is 0.0739. The van der Waals surface area contributed by atoms with Gasteiger partial charge in [0.15, 0.2) is 0 Å². The van der Waals surface area contributed by atoms with E-state index in [0.717, 1.165) is 25.9 Å². The monoisotopic (exact) mass is 409 g/mol. The van der Waals surface area contributed by atoms with Crippen molar-refractivity contribution in [1.82, 2.24) is 4.98 Å². The van der Waals surface area contributed by atoms with Crippen molar-refractivity contribution < 1.29 is 9.53 Å². The topological polar surface area (TPSA) is 39.2 Å². The summed E-state index contributed by atoms with van der Waals surface area (Å²) in [7, 11) is 0. The zero-order chi connectivity index (χ0) is 18.6. The maximum atomic E-state index is 12.5. The molecule has 0 amide bonds. The highest BCUT2D eigenvalue weighted by Crippen LogP contribution is 2.40. The van der Waals surface area contributed by atoms with Gasteiger partial charge in [-0.2, -0.15) is 0 Å². The molecule has 0 bridgehead atoms. The Morgan fingerprint density at radius 1 is 0.889 bits per heavy atom. The summed E-state index contributed by atoms with van der Waals surface area (Å²) in [5.41, 5.74) is 2.87. The summed E-state index contributed by atoms with van der Waals surface area (Å²) < 4.78 is 6.67. The summed E-state index contributed by atoms with van der Waals surface area (Å²) in [6, 6.07) is 23.7. The number of thiazole rings is 1. The number of nitrogens with zero attached hydrogens (tertiary/aromatic N) is 1. The van der Waals surface area contributed by atoms with Crippen LogP contribution in [-0.4, -0.2) is 17.2 Å². The van der Waals surface area contributed by atoms with Gasteiger partial charge in [0.25, 0.3) is 5.19 Å². The molecule has 4 aromatic rings. The molecule has 0 aliphatic rings. The number of thiophene rings is 1. The van der Waals surface area contributed by atoms with Crippen LogP contribution in [0.1, 0.15) is 9.67 Å². The standard InChI is InChI=1S/C21H15NO2S3/c1-25-17-13-12-16(26-17)20(23)24-21-22-18(14-8-4-2-5-9-14)19(27-21)15-10-6-3-7-11-15/h2-13H,1H3. The van der Waals surface area contributed by atoms with E-state index in [9.17, 15) is 4.79 Å². The fourth-order valence-electron chi connectivity index (χ4n) is 2.59. The number of esters is 1. The number of thioether (sulfide) groups is 1. The van der Waals surface area contributed by atoms with Gasteiger partial charge in [-0.1, -0.05) is 72.0 Å². The molecular formula is C21H15NO2S3. The summed E-state index contributed by atoms with van der Waals surface area (Å²) in [5.74, 6) is -0.367. The molecule has 0 aliphatic heterocycles. The van der Waals surface area contributed by atoms with Crippen LogP contribution in [0.2, 0.25) is 0 Å². The average Bonchev–Trinajstić information content (AvgIpc) is 3.36. The Morgan fingerprint density at radius 2 is 1.56 bits per heavy atom. The second-order valence-electron chi connectivity index (χ2n) is 5.60. The molecule has 0 radical (unpaired) electrons. The highest BCUT2D eigenvalue weighted by atomic mass is 32.2. The van der Waals surface area contributed by atoms with Crippen LogP contribution in [0.15, 0.2) is 77.0 Å². The molecular weight excluding hydrogens is 394 g/mol. The van der Waals surface area contributed by atoms with Crippen molar-refractivity contribution in [3.05, 3.63) is 77.7 Å². The van der Waals surface area contributed by atoms with E-state index < -0.39 is 0 Å². The minimum Gasteiger partial charge on any atom is -0.394 e. The van der Waals surface area contributed by atoms with Crippen LogP contribution in [0, 0.1) is 0 Å². The number of hydrogen-bond donors (Lipinski definition) is 0. The van der Waals surface area contributed by atoms with Gasteiger partial charge in [-0.3, -0.25) is 0 Å². The summed E-state index contributed by atoms with van der Waals surface area (Å²) in [5, 5.41) is 0.358. The molecule has 0 atom stereocenters. The van der Waals surface area contributed by atoms with Crippen LogP contribution in [0.5, 0.6) is 5.19 Å². The van der Waals surface area contributed by atoms with Crippen molar-refractivity contribution in [2.24, 2.45) is 0 Å². The SMILES string of the molecule is CSc1ccc(C(=O)Oc2nc(-c3ccccc3)c(-c3ccccc3)s2)s1. The summed E-state index contributed by atoms with van der Waals surface area (Å²) >= 11 is 4.43. The third-order valence-corrected chi connectivity index (χ3v) is 6.99. The molecule has 0 fully saturated rings. The third kappa shape index (κ3) is 3.98. The molecule has 0 saturated carbocycles. The van der Waals surface area contributed by atoms with Gasteiger partial charge < -0.3 is 4.74 Å². The number of rotatable bonds is 5. The first-order valence-corrected chi connectivity index (χ1v) is 11.1. The Balaban J connectivity index is 1.70. The maximum absolute atomic E-state index is 12.5. The molecule has 2 aromatic heterocycles. The van der Waals surface area contributed by atoms with E-state index in [-0.39, 0.29) is 5.97 Å². The van der Waals surface area contributed by atoms with E-state index in [1.807, 2.05) is 73.0 Å². The molecule has 0 N–H and O–H groups in total. The molecule has 27 heavy (non-hydrogen) atoms. The van der Waals surface area contributed by atoms with E-state index in [0.29, 0.717) is 10.1 Å². The third-order valence-electron chi connectivity index (χ3n) is 3.85. The molecule has 134 valence electrons. The molecule has 6 heteroatoms. The zero-order valence-corrected chi connectivity index (χ0v) is 16.9.